The Morgan fingerprint density at radius 1 is 1.53 bits per heavy atom. The molecule has 4 nitrogen and oxygen atoms in total. The molecule has 0 fully saturated rings. The number of nitrogen functional groups attached to an aromatic ring is 1. The lowest BCUT2D eigenvalue weighted by molar-refractivity contribution is -0.274. The number of nitriles is 1. The molecular formula is C7H3F3IN3O. The maximum atomic E-state index is 11.9. The van der Waals surface area contributed by atoms with E-state index in [1.54, 1.807) is 28.7 Å². The van der Waals surface area contributed by atoms with Crippen molar-refractivity contribution in [3.63, 3.8) is 0 Å². The number of aromatic nitrogens is 1. The molecule has 2 N–H and O–H groups in total. The van der Waals surface area contributed by atoms with Gasteiger partial charge in [-0.05, 0) is 22.6 Å². The number of anilines is 1. The van der Waals surface area contributed by atoms with Crippen LogP contribution in [0.1, 0.15) is 5.69 Å². The molecule has 8 heteroatoms. The molecule has 15 heavy (non-hydrogen) atoms. The van der Waals surface area contributed by atoms with Crippen LogP contribution in [-0.2, 0) is 0 Å². The Morgan fingerprint density at radius 3 is 2.60 bits per heavy atom. The van der Waals surface area contributed by atoms with Gasteiger partial charge in [-0.25, -0.2) is 4.98 Å². The number of nitrogens with two attached hydrogens (primary N) is 1. The van der Waals surface area contributed by atoms with Crippen LogP contribution in [0.15, 0.2) is 6.07 Å². The standard InChI is InChI=1S/C7H3F3IN3O/c8-7(9,10)15-4-1-3(2-12)14-6(11)5(4)13/h1H,13H2. The molecule has 1 aromatic rings. The quantitative estimate of drug-likeness (QED) is 0.632. The van der Waals surface area contributed by atoms with Crippen LogP contribution in [0.25, 0.3) is 0 Å². The van der Waals surface area contributed by atoms with Crippen LogP contribution in [0.4, 0.5) is 18.9 Å². The molecule has 1 heterocycles. The molecule has 1 rings (SSSR count). The summed E-state index contributed by atoms with van der Waals surface area (Å²) in [5, 5.41) is 8.48. The number of hydrogen-bond donors (Lipinski definition) is 1. The molecule has 0 amide bonds. The van der Waals surface area contributed by atoms with E-state index in [2.05, 4.69) is 9.72 Å². The van der Waals surface area contributed by atoms with E-state index in [1.807, 2.05) is 0 Å². The van der Waals surface area contributed by atoms with Gasteiger partial charge in [-0.1, -0.05) is 0 Å². The largest absolute Gasteiger partial charge is 0.573 e. The number of ether oxygens (including phenoxy) is 1. The Bertz CT molecular complexity index is 427. The number of alkyl halides is 3. The molecule has 80 valence electrons. The highest BCUT2D eigenvalue weighted by atomic mass is 127. The highest BCUT2D eigenvalue weighted by molar-refractivity contribution is 14.1. The Morgan fingerprint density at radius 2 is 2.13 bits per heavy atom. The van der Waals surface area contributed by atoms with Crippen LogP contribution in [0, 0.1) is 15.0 Å². The van der Waals surface area contributed by atoms with Crippen LogP contribution in [0.5, 0.6) is 5.75 Å². The van der Waals surface area contributed by atoms with Crippen molar-refractivity contribution in [2.75, 3.05) is 5.73 Å². The number of pyridine rings is 1. The van der Waals surface area contributed by atoms with Gasteiger partial charge in [0.15, 0.2) is 5.75 Å². The van der Waals surface area contributed by atoms with Crippen molar-refractivity contribution in [1.29, 1.82) is 5.26 Å². The van der Waals surface area contributed by atoms with Gasteiger partial charge in [0.25, 0.3) is 0 Å². The number of rotatable bonds is 1. The van der Waals surface area contributed by atoms with Crippen molar-refractivity contribution in [2.24, 2.45) is 0 Å². The monoisotopic (exact) mass is 329 g/mol. The smallest absolute Gasteiger partial charge is 0.403 e. The zero-order valence-electron chi connectivity index (χ0n) is 6.97. The molecule has 0 saturated heterocycles. The molecule has 0 unspecified atom stereocenters. The van der Waals surface area contributed by atoms with Crippen molar-refractivity contribution in [1.82, 2.24) is 4.98 Å². The predicted octanol–water partition coefficient (Wildman–Crippen LogP) is 2.04. The molecule has 0 aromatic carbocycles. The first-order valence-corrected chi connectivity index (χ1v) is 4.53. The number of hydrogen-bond acceptors (Lipinski definition) is 4. The van der Waals surface area contributed by atoms with Crippen LogP contribution in [0.2, 0.25) is 0 Å². The van der Waals surface area contributed by atoms with Gasteiger partial charge >= 0.3 is 6.36 Å². The first-order chi connectivity index (χ1) is 6.83. The van der Waals surface area contributed by atoms with E-state index in [0.717, 1.165) is 6.07 Å². The Labute approximate surface area is 96.0 Å². The molecule has 0 aliphatic carbocycles. The average molecular weight is 329 g/mol. The minimum atomic E-state index is -4.84. The van der Waals surface area contributed by atoms with Gasteiger partial charge in [0.2, 0.25) is 0 Å². The SMILES string of the molecule is N#Cc1cc(OC(F)(F)F)c(N)c(I)n1. The minimum Gasteiger partial charge on any atom is -0.403 e. The van der Waals surface area contributed by atoms with Crippen molar-refractivity contribution < 1.29 is 17.9 Å². The zero-order chi connectivity index (χ0) is 11.6. The van der Waals surface area contributed by atoms with E-state index in [-0.39, 0.29) is 15.1 Å². The summed E-state index contributed by atoms with van der Waals surface area (Å²) >= 11 is 1.62. The summed E-state index contributed by atoms with van der Waals surface area (Å²) in [5.41, 5.74) is 4.88. The molecule has 0 spiro atoms. The Hall–Kier alpha value is -1.24. The third-order valence-electron chi connectivity index (χ3n) is 1.31. The fraction of sp³-hybridized carbons (Fsp3) is 0.143. The Balaban J connectivity index is 3.18. The van der Waals surface area contributed by atoms with Gasteiger partial charge < -0.3 is 10.5 Å². The maximum absolute atomic E-state index is 11.9. The van der Waals surface area contributed by atoms with Gasteiger partial charge in [0.1, 0.15) is 21.2 Å². The number of halogens is 4. The van der Waals surface area contributed by atoms with Crippen molar-refractivity contribution in [3.05, 3.63) is 15.5 Å². The highest BCUT2D eigenvalue weighted by Gasteiger charge is 2.32. The number of nitrogens with zero attached hydrogens (tertiary/aromatic N) is 2. The summed E-state index contributed by atoms with van der Waals surface area (Å²) in [6.45, 7) is 0. The minimum absolute atomic E-state index is 0.0888. The van der Waals surface area contributed by atoms with E-state index in [0.29, 0.717) is 0 Å². The van der Waals surface area contributed by atoms with Crippen molar-refractivity contribution >= 4 is 28.3 Å². The maximum Gasteiger partial charge on any atom is 0.573 e. The summed E-state index contributed by atoms with van der Waals surface area (Å²) in [7, 11) is 0. The van der Waals surface area contributed by atoms with Gasteiger partial charge in [-0.15, -0.1) is 13.2 Å². The van der Waals surface area contributed by atoms with E-state index in [1.165, 1.54) is 0 Å². The highest BCUT2D eigenvalue weighted by Crippen LogP contribution is 2.31. The van der Waals surface area contributed by atoms with E-state index in [9.17, 15) is 13.2 Å². The molecule has 0 aliphatic rings. The first-order valence-electron chi connectivity index (χ1n) is 3.45. The second-order valence-corrected chi connectivity index (χ2v) is 3.39. The summed E-state index contributed by atoms with van der Waals surface area (Å²) in [6.07, 6.45) is -4.84. The van der Waals surface area contributed by atoms with Crippen LogP contribution in [-0.4, -0.2) is 11.3 Å². The zero-order valence-corrected chi connectivity index (χ0v) is 9.13. The van der Waals surface area contributed by atoms with Gasteiger partial charge in [0, 0.05) is 6.07 Å². The fourth-order valence-electron chi connectivity index (χ4n) is 0.768. The molecular weight excluding hydrogens is 326 g/mol. The van der Waals surface area contributed by atoms with Crippen LogP contribution >= 0.6 is 22.6 Å². The second-order valence-electron chi connectivity index (χ2n) is 2.37. The van der Waals surface area contributed by atoms with E-state index in [4.69, 9.17) is 11.0 Å². The molecule has 0 bridgehead atoms. The normalized spacial score (nSPS) is 10.9. The molecule has 0 aliphatic heterocycles. The van der Waals surface area contributed by atoms with Crippen molar-refractivity contribution in [2.45, 2.75) is 6.36 Å². The summed E-state index contributed by atoms with van der Waals surface area (Å²) in [5.74, 6) is -0.613. The molecule has 1 aromatic heterocycles. The van der Waals surface area contributed by atoms with Crippen LogP contribution in [0.3, 0.4) is 0 Å². The topological polar surface area (TPSA) is 71.9 Å². The van der Waals surface area contributed by atoms with Gasteiger partial charge in [-0.2, -0.15) is 5.26 Å². The van der Waals surface area contributed by atoms with Gasteiger partial charge in [-0.3, -0.25) is 0 Å². The van der Waals surface area contributed by atoms with Gasteiger partial charge in [0.05, 0.1) is 0 Å². The molecule has 0 saturated carbocycles. The lowest BCUT2D eigenvalue weighted by Gasteiger charge is -2.11. The average Bonchev–Trinajstić information content (AvgIpc) is 2.10. The second kappa shape index (κ2) is 4.09. The Kier molecular flexibility index (Phi) is 3.23. The molecule has 0 radical (unpaired) electrons. The van der Waals surface area contributed by atoms with Crippen molar-refractivity contribution in [3.8, 4) is 11.8 Å². The third kappa shape index (κ3) is 3.12. The fourth-order valence-corrected chi connectivity index (χ4v) is 1.29. The van der Waals surface area contributed by atoms with Crippen LogP contribution < -0.4 is 10.5 Å². The van der Waals surface area contributed by atoms with E-state index >= 15 is 0 Å². The lowest BCUT2D eigenvalue weighted by Crippen LogP contribution is -2.18. The summed E-state index contributed by atoms with van der Waals surface area (Å²) in [6, 6.07) is 2.44. The summed E-state index contributed by atoms with van der Waals surface area (Å²) < 4.78 is 39.4. The van der Waals surface area contributed by atoms with E-state index < -0.39 is 12.1 Å². The molecule has 0 atom stereocenters. The predicted molar refractivity (Wildman–Crippen MR) is 52.8 cm³/mol. The third-order valence-corrected chi connectivity index (χ3v) is 2.14. The lowest BCUT2D eigenvalue weighted by atomic mass is 10.3. The summed E-state index contributed by atoms with van der Waals surface area (Å²) in [4.78, 5) is 3.64. The first kappa shape index (κ1) is 11.8.